The zero-order valence-electron chi connectivity index (χ0n) is 12.0. The van der Waals surface area contributed by atoms with Gasteiger partial charge in [-0.3, -0.25) is 4.90 Å². The molecule has 94 valence electrons. The fraction of sp³-hybridized carbons (Fsp3) is 1.00. The van der Waals surface area contributed by atoms with Crippen LogP contribution in [0.25, 0.3) is 0 Å². The molecule has 2 heterocycles. The smallest absolute Gasteiger partial charge is 0.0128 e. The molecule has 1 aliphatic carbocycles. The van der Waals surface area contributed by atoms with Crippen molar-refractivity contribution in [3.8, 4) is 0 Å². The van der Waals surface area contributed by atoms with Crippen LogP contribution in [-0.2, 0) is 0 Å². The lowest BCUT2D eigenvalue weighted by Crippen LogP contribution is -2.60. The third-order valence-corrected chi connectivity index (χ3v) is 4.81. The van der Waals surface area contributed by atoms with Crippen molar-refractivity contribution >= 4 is 0 Å². The van der Waals surface area contributed by atoms with Crippen molar-refractivity contribution in [3.63, 3.8) is 0 Å². The monoisotopic (exact) mass is 223 g/mol. The van der Waals surface area contributed by atoms with Crippen LogP contribution in [-0.4, -0.2) is 23.0 Å². The Bertz CT molecular complexity index is 228. The predicted octanol–water partition coefficient (Wildman–Crippen LogP) is 3.93. The summed E-state index contributed by atoms with van der Waals surface area (Å²) in [6.45, 7) is 15.8. The number of fused-ring (bicyclic) bond motifs is 3. The average Bonchev–Trinajstić information content (AvgIpc) is 2.15. The highest BCUT2D eigenvalue weighted by atomic mass is 15.2. The molecule has 3 aliphatic rings. The van der Waals surface area contributed by atoms with E-state index in [-0.39, 0.29) is 0 Å². The van der Waals surface area contributed by atoms with Crippen molar-refractivity contribution < 1.29 is 0 Å². The molecule has 0 radical (unpaired) electrons. The van der Waals surface area contributed by atoms with E-state index in [4.69, 9.17) is 0 Å². The van der Waals surface area contributed by atoms with Gasteiger partial charge in [0.15, 0.2) is 0 Å². The standard InChI is InChI=1S/C15H29N/c1-14(2,3)13-9-12-8-7-11(13)10-16(12)15(4,5)6/h11-13H,7-10H2,1-6H3/t11-,12-,13?/m1/s1. The van der Waals surface area contributed by atoms with Crippen LogP contribution in [0.15, 0.2) is 0 Å². The van der Waals surface area contributed by atoms with Gasteiger partial charge in [0, 0.05) is 18.1 Å². The first-order valence-electron chi connectivity index (χ1n) is 6.96. The summed E-state index contributed by atoms with van der Waals surface area (Å²) < 4.78 is 0. The second kappa shape index (κ2) is 3.73. The Morgan fingerprint density at radius 1 is 0.938 bits per heavy atom. The lowest BCUT2D eigenvalue weighted by atomic mass is 9.61. The van der Waals surface area contributed by atoms with E-state index in [2.05, 4.69) is 46.4 Å². The maximum Gasteiger partial charge on any atom is 0.0128 e. The van der Waals surface area contributed by atoms with Gasteiger partial charge in [-0.05, 0) is 57.3 Å². The summed E-state index contributed by atoms with van der Waals surface area (Å²) in [5.41, 5.74) is 0.875. The molecule has 0 aromatic rings. The first-order chi connectivity index (χ1) is 7.19. The SMILES string of the molecule is CC(C)(C)C1C[C@H]2CC[C@@H]1CN2C(C)(C)C. The minimum absolute atomic E-state index is 0.367. The zero-order valence-corrected chi connectivity index (χ0v) is 12.0. The van der Waals surface area contributed by atoms with Crippen LogP contribution in [0, 0.1) is 17.3 Å². The normalized spacial score (nSPS) is 36.8. The molecule has 3 atom stereocenters. The molecular weight excluding hydrogens is 194 g/mol. The largest absolute Gasteiger partial charge is 0.295 e. The molecule has 2 aliphatic heterocycles. The summed E-state index contributed by atoms with van der Waals surface area (Å²) in [5, 5.41) is 0. The van der Waals surface area contributed by atoms with Crippen LogP contribution >= 0.6 is 0 Å². The summed E-state index contributed by atoms with van der Waals surface area (Å²) >= 11 is 0. The van der Waals surface area contributed by atoms with Gasteiger partial charge in [-0.15, -0.1) is 0 Å². The molecule has 1 heteroatoms. The second-order valence-corrected chi connectivity index (χ2v) is 8.02. The molecule has 0 aromatic heterocycles. The fourth-order valence-electron chi connectivity index (χ4n) is 4.00. The number of hydrogen-bond acceptors (Lipinski definition) is 1. The molecule has 1 nitrogen and oxygen atoms in total. The second-order valence-electron chi connectivity index (χ2n) is 8.02. The summed E-state index contributed by atoms with van der Waals surface area (Å²) in [6, 6.07) is 0.856. The van der Waals surface area contributed by atoms with Gasteiger partial charge >= 0.3 is 0 Å². The first kappa shape index (κ1) is 12.4. The van der Waals surface area contributed by atoms with Gasteiger partial charge < -0.3 is 0 Å². The summed E-state index contributed by atoms with van der Waals surface area (Å²) in [4.78, 5) is 2.77. The molecule has 0 spiro atoms. The lowest BCUT2D eigenvalue weighted by molar-refractivity contribution is -0.0758. The van der Waals surface area contributed by atoms with E-state index < -0.39 is 0 Å². The predicted molar refractivity (Wildman–Crippen MR) is 70.5 cm³/mol. The molecule has 16 heavy (non-hydrogen) atoms. The van der Waals surface area contributed by atoms with Gasteiger partial charge in [0.25, 0.3) is 0 Å². The Morgan fingerprint density at radius 3 is 1.94 bits per heavy atom. The van der Waals surface area contributed by atoms with Crippen LogP contribution in [0.1, 0.15) is 60.8 Å². The van der Waals surface area contributed by atoms with E-state index in [1.54, 1.807) is 0 Å². The maximum atomic E-state index is 2.77. The summed E-state index contributed by atoms with van der Waals surface area (Å²) in [7, 11) is 0. The third-order valence-electron chi connectivity index (χ3n) is 4.81. The fourth-order valence-corrected chi connectivity index (χ4v) is 4.00. The highest BCUT2D eigenvalue weighted by Gasteiger charge is 2.47. The first-order valence-corrected chi connectivity index (χ1v) is 6.96. The van der Waals surface area contributed by atoms with Gasteiger partial charge in [0.1, 0.15) is 0 Å². The van der Waals surface area contributed by atoms with Crippen molar-refractivity contribution in [2.24, 2.45) is 17.3 Å². The molecule has 1 unspecified atom stereocenters. The summed E-state index contributed by atoms with van der Waals surface area (Å²) in [5.74, 6) is 1.90. The van der Waals surface area contributed by atoms with E-state index >= 15 is 0 Å². The van der Waals surface area contributed by atoms with Crippen molar-refractivity contribution in [1.82, 2.24) is 4.90 Å². The minimum Gasteiger partial charge on any atom is -0.295 e. The minimum atomic E-state index is 0.367. The highest BCUT2D eigenvalue weighted by Crippen LogP contribution is 2.48. The van der Waals surface area contributed by atoms with Gasteiger partial charge in [-0.1, -0.05) is 20.8 Å². The van der Waals surface area contributed by atoms with Gasteiger partial charge in [0.2, 0.25) is 0 Å². The molecule has 2 bridgehead atoms. The van der Waals surface area contributed by atoms with Crippen molar-refractivity contribution in [2.75, 3.05) is 6.54 Å². The Balaban J connectivity index is 2.13. The molecule has 1 saturated carbocycles. The highest BCUT2D eigenvalue weighted by molar-refractivity contribution is 5.00. The molecule has 0 aromatic carbocycles. The van der Waals surface area contributed by atoms with Crippen LogP contribution in [0.3, 0.4) is 0 Å². The molecule has 0 N–H and O–H groups in total. The molecular formula is C15H29N. The van der Waals surface area contributed by atoms with Gasteiger partial charge in [0.05, 0.1) is 0 Å². The van der Waals surface area contributed by atoms with E-state index in [1.807, 2.05) is 0 Å². The molecule has 0 amide bonds. The molecule has 3 rings (SSSR count). The van der Waals surface area contributed by atoms with Crippen LogP contribution in [0.5, 0.6) is 0 Å². The Hall–Kier alpha value is -0.0400. The lowest BCUT2D eigenvalue weighted by Gasteiger charge is -2.57. The van der Waals surface area contributed by atoms with Gasteiger partial charge in [-0.25, -0.2) is 0 Å². The van der Waals surface area contributed by atoms with E-state index in [9.17, 15) is 0 Å². The van der Waals surface area contributed by atoms with Crippen molar-refractivity contribution in [2.45, 2.75) is 72.4 Å². The average molecular weight is 223 g/mol. The van der Waals surface area contributed by atoms with Crippen molar-refractivity contribution in [3.05, 3.63) is 0 Å². The van der Waals surface area contributed by atoms with Gasteiger partial charge in [-0.2, -0.15) is 0 Å². The summed E-state index contributed by atoms with van der Waals surface area (Å²) in [6.07, 6.45) is 4.35. The van der Waals surface area contributed by atoms with Crippen molar-refractivity contribution in [1.29, 1.82) is 0 Å². The van der Waals surface area contributed by atoms with Crippen LogP contribution < -0.4 is 0 Å². The maximum absolute atomic E-state index is 2.77. The quantitative estimate of drug-likeness (QED) is 0.601. The third kappa shape index (κ3) is 2.16. The van der Waals surface area contributed by atoms with E-state index in [0.717, 1.165) is 17.9 Å². The van der Waals surface area contributed by atoms with E-state index in [0.29, 0.717) is 11.0 Å². The molecule has 3 fully saturated rings. The Morgan fingerprint density at radius 2 is 1.56 bits per heavy atom. The Kier molecular flexibility index (Phi) is 2.89. The number of nitrogens with zero attached hydrogens (tertiary/aromatic N) is 1. The topological polar surface area (TPSA) is 3.24 Å². The van der Waals surface area contributed by atoms with Crippen LogP contribution in [0.2, 0.25) is 0 Å². The zero-order chi connectivity index (χ0) is 12.1. The Labute approximate surface area is 102 Å². The van der Waals surface area contributed by atoms with Crippen LogP contribution in [0.4, 0.5) is 0 Å². The van der Waals surface area contributed by atoms with E-state index in [1.165, 1.54) is 25.8 Å². The number of rotatable bonds is 0. The number of hydrogen-bond donors (Lipinski definition) is 0. The molecule has 2 saturated heterocycles. The number of piperidine rings is 2.